The Morgan fingerprint density at radius 2 is 2.13 bits per heavy atom. The third-order valence-electron chi connectivity index (χ3n) is 3.35. The second kappa shape index (κ2) is 7.67. The lowest BCUT2D eigenvalue weighted by molar-refractivity contribution is 0.0902. The summed E-state index contributed by atoms with van der Waals surface area (Å²) in [5.41, 5.74) is 1.58. The van der Waals surface area contributed by atoms with Crippen LogP contribution in [0.15, 0.2) is 28.8 Å². The van der Waals surface area contributed by atoms with Crippen molar-refractivity contribution in [2.45, 2.75) is 33.2 Å². The minimum absolute atomic E-state index is 0.198. The van der Waals surface area contributed by atoms with Crippen LogP contribution in [0.4, 0.5) is 0 Å². The highest BCUT2D eigenvalue weighted by atomic mass is 16.5. The highest BCUT2D eigenvalue weighted by Gasteiger charge is 2.17. The van der Waals surface area contributed by atoms with E-state index < -0.39 is 0 Å². The first-order valence-corrected chi connectivity index (χ1v) is 7.60. The molecule has 1 aromatic carbocycles. The molecule has 6 heteroatoms. The number of hydrogen-bond acceptors (Lipinski definition) is 5. The zero-order valence-corrected chi connectivity index (χ0v) is 13.9. The summed E-state index contributed by atoms with van der Waals surface area (Å²) < 4.78 is 16.0. The number of aromatic nitrogens is 1. The molecule has 0 aliphatic rings. The summed E-state index contributed by atoms with van der Waals surface area (Å²) in [4.78, 5) is 12.1. The van der Waals surface area contributed by atoms with Crippen molar-refractivity contribution in [1.29, 1.82) is 0 Å². The van der Waals surface area contributed by atoms with Crippen LogP contribution in [0.25, 0.3) is 0 Å². The number of ether oxygens (including phenoxy) is 2. The standard InChI is InChI=1S/C17H22N2O4/c1-5-8-22-14-7-6-13(10-15(14)21-4)12(3)18-17(20)16-9-11(2)19-23-16/h6-7,9-10,12H,5,8H2,1-4H3,(H,18,20)/t12-/m0/s1. The van der Waals surface area contributed by atoms with Gasteiger partial charge in [0, 0.05) is 6.07 Å². The number of methoxy groups -OCH3 is 1. The predicted molar refractivity (Wildman–Crippen MR) is 85.9 cm³/mol. The minimum Gasteiger partial charge on any atom is -0.493 e. The number of nitrogens with zero attached hydrogens (tertiary/aromatic N) is 1. The zero-order chi connectivity index (χ0) is 16.8. The van der Waals surface area contributed by atoms with Gasteiger partial charge in [-0.25, -0.2) is 0 Å². The number of aryl methyl sites for hydroxylation is 1. The maximum Gasteiger partial charge on any atom is 0.290 e. The zero-order valence-electron chi connectivity index (χ0n) is 13.9. The van der Waals surface area contributed by atoms with Gasteiger partial charge in [-0.3, -0.25) is 4.79 Å². The Morgan fingerprint density at radius 3 is 2.74 bits per heavy atom. The molecule has 1 atom stereocenters. The molecule has 0 fully saturated rings. The molecule has 0 saturated heterocycles. The van der Waals surface area contributed by atoms with Crippen molar-refractivity contribution in [3.8, 4) is 11.5 Å². The fourth-order valence-corrected chi connectivity index (χ4v) is 2.11. The molecule has 0 aliphatic heterocycles. The molecular weight excluding hydrogens is 296 g/mol. The Kier molecular flexibility index (Phi) is 5.62. The summed E-state index contributed by atoms with van der Waals surface area (Å²) in [5, 5.41) is 6.58. The van der Waals surface area contributed by atoms with Crippen molar-refractivity contribution in [1.82, 2.24) is 10.5 Å². The fraction of sp³-hybridized carbons (Fsp3) is 0.412. The lowest BCUT2D eigenvalue weighted by Crippen LogP contribution is -2.26. The molecule has 0 aliphatic carbocycles. The van der Waals surface area contributed by atoms with Crippen LogP contribution in [0.5, 0.6) is 11.5 Å². The molecule has 2 rings (SSSR count). The van der Waals surface area contributed by atoms with E-state index in [1.807, 2.05) is 32.0 Å². The van der Waals surface area contributed by atoms with Crippen LogP contribution in [-0.2, 0) is 0 Å². The first kappa shape index (κ1) is 16.9. The van der Waals surface area contributed by atoms with Gasteiger partial charge in [-0.15, -0.1) is 0 Å². The number of carbonyl (C=O) groups is 1. The molecule has 0 spiro atoms. The quantitative estimate of drug-likeness (QED) is 0.848. The van der Waals surface area contributed by atoms with E-state index in [1.54, 1.807) is 20.1 Å². The van der Waals surface area contributed by atoms with E-state index in [2.05, 4.69) is 10.5 Å². The highest BCUT2D eigenvalue weighted by molar-refractivity contribution is 5.91. The summed E-state index contributed by atoms with van der Waals surface area (Å²) in [6.45, 7) is 6.34. The first-order valence-electron chi connectivity index (χ1n) is 7.60. The van der Waals surface area contributed by atoms with Gasteiger partial charge in [0.15, 0.2) is 11.5 Å². The van der Waals surface area contributed by atoms with E-state index in [4.69, 9.17) is 14.0 Å². The molecule has 1 N–H and O–H groups in total. The van der Waals surface area contributed by atoms with Gasteiger partial charge in [-0.05, 0) is 38.0 Å². The Morgan fingerprint density at radius 1 is 1.35 bits per heavy atom. The molecule has 6 nitrogen and oxygen atoms in total. The molecule has 124 valence electrons. The molecule has 0 unspecified atom stereocenters. The SMILES string of the molecule is CCCOc1ccc([C@H](C)NC(=O)c2cc(C)no2)cc1OC. The topological polar surface area (TPSA) is 73.6 Å². The van der Waals surface area contributed by atoms with Crippen molar-refractivity contribution in [2.24, 2.45) is 0 Å². The highest BCUT2D eigenvalue weighted by Crippen LogP contribution is 2.30. The van der Waals surface area contributed by atoms with Crippen LogP contribution < -0.4 is 14.8 Å². The normalized spacial score (nSPS) is 11.8. The van der Waals surface area contributed by atoms with Crippen molar-refractivity contribution in [3.63, 3.8) is 0 Å². The second-order valence-corrected chi connectivity index (χ2v) is 5.29. The Hall–Kier alpha value is -2.50. The lowest BCUT2D eigenvalue weighted by Gasteiger charge is -2.16. The lowest BCUT2D eigenvalue weighted by atomic mass is 10.1. The fourth-order valence-electron chi connectivity index (χ4n) is 2.11. The molecule has 1 aromatic heterocycles. The molecule has 23 heavy (non-hydrogen) atoms. The maximum absolute atomic E-state index is 12.1. The van der Waals surface area contributed by atoms with Gasteiger partial charge in [0.1, 0.15) is 0 Å². The number of hydrogen-bond donors (Lipinski definition) is 1. The third kappa shape index (κ3) is 4.25. The minimum atomic E-state index is -0.302. The maximum atomic E-state index is 12.1. The summed E-state index contributed by atoms with van der Waals surface area (Å²) in [6, 6.07) is 7.02. The van der Waals surface area contributed by atoms with Crippen LogP contribution in [0.3, 0.4) is 0 Å². The summed E-state index contributed by atoms with van der Waals surface area (Å²) >= 11 is 0. The Balaban J connectivity index is 2.09. The third-order valence-corrected chi connectivity index (χ3v) is 3.35. The van der Waals surface area contributed by atoms with Crippen molar-refractivity contribution in [3.05, 3.63) is 41.3 Å². The Labute approximate surface area is 135 Å². The molecule has 1 amide bonds. The van der Waals surface area contributed by atoms with E-state index in [0.717, 1.165) is 12.0 Å². The van der Waals surface area contributed by atoms with Crippen molar-refractivity contribution >= 4 is 5.91 Å². The van der Waals surface area contributed by atoms with Gasteiger partial charge in [0.25, 0.3) is 5.91 Å². The average molecular weight is 318 g/mol. The smallest absolute Gasteiger partial charge is 0.290 e. The van der Waals surface area contributed by atoms with Gasteiger partial charge < -0.3 is 19.3 Å². The van der Waals surface area contributed by atoms with Gasteiger partial charge in [0.2, 0.25) is 5.76 Å². The molecule has 2 aromatic rings. The van der Waals surface area contributed by atoms with Crippen LogP contribution in [0, 0.1) is 6.92 Å². The average Bonchev–Trinajstić information content (AvgIpc) is 2.99. The number of carbonyl (C=O) groups excluding carboxylic acids is 1. The van der Waals surface area contributed by atoms with E-state index in [9.17, 15) is 4.79 Å². The summed E-state index contributed by atoms with van der Waals surface area (Å²) in [5.74, 6) is 1.24. The van der Waals surface area contributed by atoms with Crippen LogP contribution >= 0.6 is 0 Å². The largest absolute Gasteiger partial charge is 0.493 e. The van der Waals surface area contributed by atoms with Crippen LogP contribution in [0.1, 0.15) is 48.1 Å². The second-order valence-electron chi connectivity index (χ2n) is 5.29. The first-order chi connectivity index (χ1) is 11.0. The number of rotatable bonds is 7. The summed E-state index contributed by atoms with van der Waals surface area (Å²) in [7, 11) is 1.60. The molecule has 1 heterocycles. The van der Waals surface area contributed by atoms with E-state index >= 15 is 0 Å². The van der Waals surface area contributed by atoms with Crippen molar-refractivity contribution < 1.29 is 18.8 Å². The summed E-state index contributed by atoms with van der Waals surface area (Å²) in [6.07, 6.45) is 0.925. The van der Waals surface area contributed by atoms with E-state index in [0.29, 0.717) is 23.8 Å². The van der Waals surface area contributed by atoms with Crippen molar-refractivity contribution in [2.75, 3.05) is 13.7 Å². The number of nitrogens with one attached hydrogen (secondary N) is 1. The monoisotopic (exact) mass is 318 g/mol. The van der Waals surface area contributed by atoms with E-state index in [-0.39, 0.29) is 17.7 Å². The molecule has 0 radical (unpaired) electrons. The number of amides is 1. The molecule has 0 saturated carbocycles. The predicted octanol–water partition coefficient (Wildman–Crippen LogP) is 3.27. The molecular formula is C17H22N2O4. The van der Waals surface area contributed by atoms with Crippen LogP contribution in [0.2, 0.25) is 0 Å². The van der Waals surface area contributed by atoms with Crippen LogP contribution in [-0.4, -0.2) is 24.8 Å². The molecule has 0 bridgehead atoms. The Bertz CT molecular complexity index is 666. The van der Waals surface area contributed by atoms with Gasteiger partial charge >= 0.3 is 0 Å². The van der Waals surface area contributed by atoms with Gasteiger partial charge in [0.05, 0.1) is 25.5 Å². The van der Waals surface area contributed by atoms with Gasteiger partial charge in [-0.2, -0.15) is 0 Å². The van der Waals surface area contributed by atoms with Gasteiger partial charge in [-0.1, -0.05) is 18.1 Å². The van der Waals surface area contributed by atoms with E-state index in [1.165, 1.54) is 0 Å². The number of benzene rings is 1.